The average Bonchev–Trinajstić information content (AvgIpc) is 3.22. The van der Waals surface area contributed by atoms with Crippen LogP contribution in [0.5, 0.6) is 5.75 Å². The highest BCUT2D eigenvalue weighted by molar-refractivity contribution is 5.82. The molecule has 0 fully saturated rings. The summed E-state index contributed by atoms with van der Waals surface area (Å²) in [4.78, 5) is 14.8. The Kier molecular flexibility index (Phi) is 6.03. The molecule has 0 amide bonds. The van der Waals surface area contributed by atoms with E-state index < -0.39 is 5.82 Å². The van der Waals surface area contributed by atoms with Crippen LogP contribution in [0.2, 0.25) is 0 Å². The van der Waals surface area contributed by atoms with Crippen molar-refractivity contribution >= 4 is 22.4 Å². The number of benzene rings is 2. The molecule has 7 nitrogen and oxygen atoms in total. The van der Waals surface area contributed by atoms with Crippen molar-refractivity contribution in [1.29, 1.82) is 0 Å². The summed E-state index contributed by atoms with van der Waals surface area (Å²) < 4.78 is 33.3. The number of hydrogen-bond acceptors (Lipinski definition) is 6. The lowest BCUT2D eigenvalue weighted by Gasteiger charge is -2.25. The molecule has 0 spiro atoms. The van der Waals surface area contributed by atoms with Crippen molar-refractivity contribution in [3.05, 3.63) is 60.8 Å². The van der Waals surface area contributed by atoms with Gasteiger partial charge in [-0.05, 0) is 35.2 Å². The highest BCUT2D eigenvalue weighted by Gasteiger charge is 2.14. The number of ether oxygens (including phenoxy) is 1. The minimum atomic E-state index is -0.430. The molecule has 0 radical (unpaired) electrons. The molecule has 0 aliphatic rings. The summed E-state index contributed by atoms with van der Waals surface area (Å²) in [5, 5.41) is 4.18. The Balaban J connectivity index is 1.76. The highest BCUT2D eigenvalue weighted by atomic mass is 19.3. The van der Waals surface area contributed by atoms with Crippen LogP contribution in [0.1, 0.15) is 6.42 Å². The smallest absolute Gasteiger partial charge is 0.128 e. The van der Waals surface area contributed by atoms with Gasteiger partial charge in [0.2, 0.25) is 0 Å². The molecule has 0 atom stereocenters. The number of hydrogen-bond donors (Lipinski definition) is 0. The van der Waals surface area contributed by atoms with Gasteiger partial charge in [-0.15, -0.1) is 0 Å². The SMILES string of the molecule is COc1cc(F)cc(N(CCCOF)c2ccc3ncc(-c4cnn(C)c4)nc3c2)c1. The summed E-state index contributed by atoms with van der Waals surface area (Å²) in [6, 6.07) is 10.0. The highest BCUT2D eigenvalue weighted by Crippen LogP contribution is 2.31. The van der Waals surface area contributed by atoms with Gasteiger partial charge in [-0.2, -0.15) is 10.0 Å². The lowest BCUT2D eigenvalue weighted by Crippen LogP contribution is -2.20. The molecule has 2 heterocycles. The van der Waals surface area contributed by atoms with Gasteiger partial charge in [0, 0.05) is 48.9 Å². The lowest BCUT2D eigenvalue weighted by atomic mass is 10.2. The van der Waals surface area contributed by atoms with Crippen molar-refractivity contribution in [2.45, 2.75) is 6.42 Å². The fraction of sp³-hybridized carbons (Fsp3) is 0.227. The fourth-order valence-electron chi connectivity index (χ4n) is 3.37. The van der Waals surface area contributed by atoms with Gasteiger partial charge < -0.3 is 9.64 Å². The largest absolute Gasteiger partial charge is 0.497 e. The minimum Gasteiger partial charge on any atom is -0.497 e. The van der Waals surface area contributed by atoms with Crippen molar-refractivity contribution in [2.75, 3.05) is 25.2 Å². The normalized spacial score (nSPS) is 11.1. The van der Waals surface area contributed by atoms with Crippen LogP contribution in [0.4, 0.5) is 20.3 Å². The molecule has 4 aromatic rings. The van der Waals surface area contributed by atoms with Gasteiger partial charge in [-0.25, -0.2) is 9.37 Å². The Morgan fingerprint density at radius 3 is 2.68 bits per heavy atom. The first-order valence-electron chi connectivity index (χ1n) is 9.69. The number of aromatic nitrogens is 4. The van der Waals surface area contributed by atoms with E-state index in [4.69, 9.17) is 9.72 Å². The van der Waals surface area contributed by atoms with E-state index >= 15 is 0 Å². The number of nitrogens with zero attached hydrogens (tertiary/aromatic N) is 5. The first-order valence-corrected chi connectivity index (χ1v) is 9.69. The zero-order valence-electron chi connectivity index (χ0n) is 17.1. The number of aryl methyl sites for hydroxylation is 1. The van der Waals surface area contributed by atoms with E-state index in [1.807, 2.05) is 36.3 Å². The molecule has 9 heteroatoms. The molecule has 31 heavy (non-hydrogen) atoms. The van der Waals surface area contributed by atoms with Gasteiger partial charge >= 0.3 is 0 Å². The second kappa shape index (κ2) is 9.05. The minimum absolute atomic E-state index is 0.0680. The van der Waals surface area contributed by atoms with Crippen LogP contribution >= 0.6 is 0 Å². The Labute approximate surface area is 177 Å². The van der Waals surface area contributed by atoms with Crippen molar-refractivity contribution in [1.82, 2.24) is 19.7 Å². The van der Waals surface area contributed by atoms with Gasteiger partial charge in [0.25, 0.3) is 0 Å². The van der Waals surface area contributed by atoms with Crippen LogP contribution in [-0.4, -0.2) is 40.0 Å². The second-order valence-electron chi connectivity index (χ2n) is 7.00. The molecular formula is C22H21F2N5O2. The lowest BCUT2D eigenvalue weighted by molar-refractivity contribution is -0.132. The summed E-state index contributed by atoms with van der Waals surface area (Å²) >= 11 is 0. The van der Waals surface area contributed by atoms with E-state index in [1.165, 1.54) is 19.2 Å². The molecule has 0 aliphatic heterocycles. The van der Waals surface area contributed by atoms with Crippen LogP contribution < -0.4 is 9.64 Å². The van der Waals surface area contributed by atoms with Crippen LogP contribution in [0, 0.1) is 5.82 Å². The van der Waals surface area contributed by atoms with Crippen LogP contribution in [0.15, 0.2) is 55.0 Å². The average molecular weight is 425 g/mol. The van der Waals surface area contributed by atoms with Crippen LogP contribution in [0.25, 0.3) is 22.3 Å². The predicted molar refractivity (Wildman–Crippen MR) is 113 cm³/mol. The molecule has 4 rings (SSSR count). The first kappa shape index (κ1) is 20.7. The molecular weight excluding hydrogens is 404 g/mol. The van der Waals surface area contributed by atoms with Gasteiger partial charge in [0.1, 0.15) is 11.6 Å². The summed E-state index contributed by atoms with van der Waals surface area (Å²) in [5.41, 5.74) is 4.29. The van der Waals surface area contributed by atoms with Gasteiger partial charge in [-0.3, -0.25) is 9.67 Å². The summed E-state index contributed by atoms with van der Waals surface area (Å²) in [6.45, 7) is 0.333. The third-order valence-electron chi connectivity index (χ3n) is 4.84. The summed E-state index contributed by atoms with van der Waals surface area (Å²) in [6.07, 6.45) is 5.69. The fourth-order valence-corrected chi connectivity index (χ4v) is 3.37. The van der Waals surface area contributed by atoms with Crippen molar-refractivity contribution in [3.63, 3.8) is 0 Å². The zero-order chi connectivity index (χ0) is 21.8. The standard InChI is InChI=1S/C22H21F2N5O2/c1-28-14-15(12-26-28)22-13-25-20-5-4-17(11-21(20)27-22)29(6-3-7-31-24)18-8-16(23)9-19(10-18)30-2/h4-5,8-14H,3,6-7H2,1-2H3. The predicted octanol–water partition coefficient (Wildman–Crippen LogP) is 4.61. The van der Waals surface area contributed by atoms with Crippen molar-refractivity contribution in [2.24, 2.45) is 7.05 Å². The molecule has 2 aromatic carbocycles. The number of anilines is 2. The number of rotatable bonds is 8. The van der Waals surface area contributed by atoms with E-state index in [0.29, 0.717) is 35.6 Å². The number of halogens is 2. The number of fused-ring (bicyclic) bond motifs is 1. The second-order valence-corrected chi connectivity index (χ2v) is 7.00. The van der Waals surface area contributed by atoms with Crippen molar-refractivity contribution < 1.29 is 18.6 Å². The molecule has 0 N–H and O–H groups in total. The number of methoxy groups -OCH3 is 1. The van der Waals surface area contributed by atoms with Gasteiger partial charge in [0.05, 0.1) is 42.8 Å². The van der Waals surface area contributed by atoms with E-state index in [9.17, 15) is 8.92 Å². The zero-order valence-corrected chi connectivity index (χ0v) is 17.1. The van der Waals surface area contributed by atoms with Crippen molar-refractivity contribution in [3.8, 4) is 17.0 Å². The van der Waals surface area contributed by atoms with Crippen LogP contribution in [-0.2, 0) is 12.0 Å². The molecule has 0 bridgehead atoms. The molecule has 0 aliphatic carbocycles. The summed E-state index contributed by atoms with van der Waals surface area (Å²) in [5.74, 6) is -0.0401. The molecule has 0 saturated carbocycles. The maximum atomic E-state index is 14.2. The van der Waals surface area contributed by atoms with E-state index in [2.05, 4.69) is 15.0 Å². The van der Waals surface area contributed by atoms with Gasteiger partial charge in [0.15, 0.2) is 0 Å². The van der Waals surface area contributed by atoms with E-state index in [0.717, 1.165) is 16.8 Å². The topological polar surface area (TPSA) is 65.3 Å². The monoisotopic (exact) mass is 425 g/mol. The maximum Gasteiger partial charge on any atom is 0.128 e. The first-order chi connectivity index (χ1) is 15.1. The molecule has 160 valence electrons. The van der Waals surface area contributed by atoms with E-state index in [-0.39, 0.29) is 6.61 Å². The van der Waals surface area contributed by atoms with Gasteiger partial charge in [-0.1, -0.05) is 0 Å². The van der Waals surface area contributed by atoms with E-state index in [1.54, 1.807) is 23.1 Å². The Hall–Kier alpha value is -3.59. The quantitative estimate of drug-likeness (QED) is 0.384. The summed E-state index contributed by atoms with van der Waals surface area (Å²) in [7, 11) is 3.31. The molecule has 2 aromatic heterocycles. The third kappa shape index (κ3) is 4.61. The Bertz CT molecular complexity index is 1200. The van der Waals surface area contributed by atoms with Crippen LogP contribution in [0.3, 0.4) is 0 Å². The Morgan fingerprint density at radius 1 is 1.06 bits per heavy atom. The Morgan fingerprint density at radius 2 is 1.94 bits per heavy atom. The molecule has 0 unspecified atom stereocenters. The third-order valence-corrected chi connectivity index (χ3v) is 4.84. The maximum absolute atomic E-state index is 14.2. The molecule has 0 saturated heterocycles.